The average Bonchev–Trinajstić information content (AvgIpc) is 1.99. The SMILES string of the molecule is CNC(=O)NCC(C)S(C)=O. The van der Waals surface area contributed by atoms with Gasteiger partial charge in [-0.1, -0.05) is 0 Å². The standard InChI is InChI=1S/C6H14N2O2S/c1-5(11(3)10)4-8-6(9)7-2/h5H,4H2,1-3H3,(H2,7,8,9). The molecule has 0 saturated heterocycles. The van der Waals surface area contributed by atoms with Gasteiger partial charge in [0.2, 0.25) is 0 Å². The monoisotopic (exact) mass is 178 g/mol. The van der Waals surface area contributed by atoms with E-state index in [1.807, 2.05) is 6.92 Å². The Bertz CT molecular complexity index is 161. The second-order valence-electron chi connectivity index (χ2n) is 2.27. The molecule has 0 saturated carbocycles. The summed E-state index contributed by atoms with van der Waals surface area (Å²) in [5, 5.41) is 4.99. The lowest BCUT2D eigenvalue weighted by Crippen LogP contribution is -2.38. The van der Waals surface area contributed by atoms with Gasteiger partial charge in [0.25, 0.3) is 0 Å². The van der Waals surface area contributed by atoms with Crippen molar-refractivity contribution < 1.29 is 9.00 Å². The average molecular weight is 178 g/mol. The van der Waals surface area contributed by atoms with Crippen molar-refractivity contribution in [3.8, 4) is 0 Å². The van der Waals surface area contributed by atoms with E-state index in [-0.39, 0.29) is 11.3 Å². The molecule has 5 heteroatoms. The second-order valence-corrected chi connectivity index (χ2v) is 4.07. The number of carbonyl (C=O) groups is 1. The summed E-state index contributed by atoms with van der Waals surface area (Å²) in [7, 11) is 0.673. The summed E-state index contributed by atoms with van der Waals surface area (Å²) in [6, 6.07) is -0.234. The fourth-order valence-corrected chi connectivity index (χ4v) is 0.760. The Hall–Kier alpha value is -0.580. The first-order valence-corrected chi connectivity index (χ1v) is 4.98. The van der Waals surface area contributed by atoms with Crippen LogP contribution >= 0.6 is 0 Å². The van der Waals surface area contributed by atoms with E-state index in [9.17, 15) is 9.00 Å². The van der Waals surface area contributed by atoms with Gasteiger partial charge in [-0.05, 0) is 6.92 Å². The summed E-state index contributed by atoms with van der Waals surface area (Å²) in [5.74, 6) is 0. The number of urea groups is 1. The minimum absolute atomic E-state index is 0.00676. The maximum Gasteiger partial charge on any atom is 0.314 e. The molecule has 0 aliphatic carbocycles. The van der Waals surface area contributed by atoms with Gasteiger partial charge in [-0.25, -0.2) is 4.79 Å². The molecule has 0 fully saturated rings. The molecular weight excluding hydrogens is 164 g/mol. The quantitative estimate of drug-likeness (QED) is 0.622. The fraction of sp³-hybridized carbons (Fsp3) is 0.833. The molecule has 2 N–H and O–H groups in total. The van der Waals surface area contributed by atoms with E-state index in [1.54, 1.807) is 13.3 Å². The molecule has 0 aromatic heterocycles. The number of amides is 2. The Morgan fingerprint density at radius 1 is 1.64 bits per heavy atom. The van der Waals surface area contributed by atoms with E-state index < -0.39 is 10.8 Å². The predicted molar refractivity (Wildman–Crippen MR) is 46.0 cm³/mol. The summed E-state index contributed by atoms with van der Waals surface area (Å²) in [6.07, 6.45) is 1.62. The first kappa shape index (κ1) is 10.4. The van der Waals surface area contributed by atoms with Gasteiger partial charge in [-0.2, -0.15) is 0 Å². The van der Waals surface area contributed by atoms with Gasteiger partial charge in [-0.3, -0.25) is 4.21 Å². The molecule has 0 bridgehead atoms. The van der Waals surface area contributed by atoms with Gasteiger partial charge < -0.3 is 10.6 Å². The van der Waals surface area contributed by atoms with E-state index in [0.717, 1.165) is 0 Å². The maximum atomic E-state index is 10.8. The highest BCUT2D eigenvalue weighted by molar-refractivity contribution is 7.84. The van der Waals surface area contributed by atoms with Gasteiger partial charge in [0.05, 0.1) is 0 Å². The van der Waals surface area contributed by atoms with Crippen LogP contribution in [-0.4, -0.2) is 35.3 Å². The summed E-state index contributed by atoms with van der Waals surface area (Å²) in [4.78, 5) is 10.6. The topological polar surface area (TPSA) is 58.2 Å². The number of carbonyl (C=O) groups excluding carboxylic acids is 1. The molecule has 2 unspecified atom stereocenters. The number of hydrogen-bond acceptors (Lipinski definition) is 2. The van der Waals surface area contributed by atoms with Crippen molar-refractivity contribution in [3.05, 3.63) is 0 Å². The van der Waals surface area contributed by atoms with Crippen LogP contribution in [-0.2, 0) is 10.8 Å². The highest BCUT2D eigenvalue weighted by Crippen LogP contribution is 1.88. The zero-order valence-electron chi connectivity index (χ0n) is 7.01. The van der Waals surface area contributed by atoms with Crippen LogP contribution in [0.5, 0.6) is 0 Å². The summed E-state index contributed by atoms with van der Waals surface area (Å²) < 4.78 is 10.8. The van der Waals surface area contributed by atoms with Crippen LogP contribution in [0.15, 0.2) is 0 Å². The van der Waals surface area contributed by atoms with E-state index >= 15 is 0 Å². The molecule has 2 atom stereocenters. The first-order valence-electron chi connectivity index (χ1n) is 3.35. The zero-order valence-corrected chi connectivity index (χ0v) is 7.83. The van der Waals surface area contributed by atoms with Crippen LogP contribution in [0.25, 0.3) is 0 Å². The summed E-state index contributed by atoms with van der Waals surface area (Å²) >= 11 is 0. The van der Waals surface area contributed by atoms with Crippen LogP contribution in [0.3, 0.4) is 0 Å². The molecule has 0 aromatic carbocycles. The molecule has 11 heavy (non-hydrogen) atoms. The van der Waals surface area contributed by atoms with E-state index in [4.69, 9.17) is 0 Å². The highest BCUT2D eigenvalue weighted by atomic mass is 32.2. The molecule has 4 nitrogen and oxygen atoms in total. The first-order chi connectivity index (χ1) is 5.07. The number of rotatable bonds is 3. The van der Waals surface area contributed by atoms with Crippen molar-refractivity contribution in [1.82, 2.24) is 10.6 Å². The van der Waals surface area contributed by atoms with Gasteiger partial charge in [0.15, 0.2) is 0 Å². The lowest BCUT2D eigenvalue weighted by atomic mass is 10.5. The third kappa shape index (κ3) is 4.78. The van der Waals surface area contributed by atoms with Crippen molar-refractivity contribution in [3.63, 3.8) is 0 Å². The third-order valence-electron chi connectivity index (χ3n) is 1.34. The van der Waals surface area contributed by atoms with E-state index in [0.29, 0.717) is 6.54 Å². The Morgan fingerprint density at radius 2 is 2.18 bits per heavy atom. The lowest BCUT2D eigenvalue weighted by Gasteiger charge is -2.08. The Balaban J connectivity index is 3.54. The second kappa shape index (κ2) is 5.12. The van der Waals surface area contributed by atoms with Gasteiger partial charge in [0, 0.05) is 35.9 Å². The normalized spacial score (nSPS) is 15.2. The predicted octanol–water partition coefficient (Wildman–Crippen LogP) is -0.318. The molecular formula is C6H14N2O2S. The fourth-order valence-electron chi connectivity index (χ4n) is 0.442. The maximum absolute atomic E-state index is 10.8. The van der Waals surface area contributed by atoms with Crippen molar-refractivity contribution in [2.45, 2.75) is 12.2 Å². The minimum atomic E-state index is -0.871. The summed E-state index contributed by atoms with van der Waals surface area (Å²) in [6.45, 7) is 2.27. The molecule has 0 aliphatic heterocycles. The third-order valence-corrected chi connectivity index (χ3v) is 2.64. The van der Waals surface area contributed by atoms with Crippen molar-refractivity contribution in [2.24, 2.45) is 0 Å². The van der Waals surface area contributed by atoms with Crippen LogP contribution < -0.4 is 10.6 Å². The van der Waals surface area contributed by atoms with Crippen molar-refractivity contribution >= 4 is 16.8 Å². The van der Waals surface area contributed by atoms with Crippen LogP contribution in [0, 0.1) is 0 Å². The Labute approximate surface area is 69.2 Å². The molecule has 0 radical (unpaired) electrons. The van der Waals surface area contributed by atoms with Gasteiger partial charge >= 0.3 is 6.03 Å². The van der Waals surface area contributed by atoms with Crippen molar-refractivity contribution in [2.75, 3.05) is 19.8 Å². The van der Waals surface area contributed by atoms with Crippen LogP contribution in [0.1, 0.15) is 6.92 Å². The Morgan fingerprint density at radius 3 is 2.55 bits per heavy atom. The minimum Gasteiger partial charge on any atom is -0.341 e. The largest absolute Gasteiger partial charge is 0.341 e. The molecule has 0 spiro atoms. The molecule has 2 amide bonds. The van der Waals surface area contributed by atoms with Crippen molar-refractivity contribution in [1.29, 1.82) is 0 Å². The molecule has 66 valence electrons. The number of nitrogens with one attached hydrogen (secondary N) is 2. The zero-order chi connectivity index (χ0) is 8.85. The van der Waals surface area contributed by atoms with E-state index in [2.05, 4.69) is 10.6 Å². The lowest BCUT2D eigenvalue weighted by molar-refractivity contribution is 0.243. The molecule has 0 heterocycles. The smallest absolute Gasteiger partial charge is 0.314 e. The number of hydrogen-bond donors (Lipinski definition) is 2. The van der Waals surface area contributed by atoms with Crippen LogP contribution in [0.2, 0.25) is 0 Å². The van der Waals surface area contributed by atoms with Crippen LogP contribution in [0.4, 0.5) is 4.79 Å². The molecule has 0 rings (SSSR count). The molecule has 0 aliphatic rings. The van der Waals surface area contributed by atoms with Gasteiger partial charge in [0.1, 0.15) is 0 Å². The molecule has 0 aromatic rings. The van der Waals surface area contributed by atoms with Gasteiger partial charge in [-0.15, -0.1) is 0 Å². The highest BCUT2D eigenvalue weighted by Gasteiger charge is 2.06. The Kier molecular flexibility index (Phi) is 4.85. The van der Waals surface area contributed by atoms with E-state index in [1.165, 1.54) is 0 Å². The summed E-state index contributed by atoms with van der Waals surface area (Å²) in [5.41, 5.74) is 0.